The van der Waals surface area contributed by atoms with Crippen LogP contribution in [0.2, 0.25) is 0 Å². The normalized spacial score (nSPS) is 13.4. The highest BCUT2D eigenvalue weighted by Crippen LogP contribution is 2.34. The Balaban J connectivity index is 1.49. The number of esters is 1. The van der Waals surface area contributed by atoms with Crippen molar-refractivity contribution in [1.29, 1.82) is 0 Å². The van der Waals surface area contributed by atoms with Gasteiger partial charge in [0.15, 0.2) is 18.1 Å². The maximum absolute atomic E-state index is 13.6. The number of hydrogen-bond acceptors (Lipinski definition) is 5. The van der Waals surface area contributed by atoms with E-state index in [-0.39, 0.29) is 18.4 Å². The van der Waals surface area contributed by atoms with Crippen molar-refractivity contribution in [1.82, 2.24) is 5.32 Å². The van der Waals surface area contributed by atoms with E-state index < -0.39 is 24.3 Å². The molecule has 1 N–H and O–H groups in total. The molecule has 2 aromatic rings. The molecule has 0 spiro atoms. The number of carbonyl (C=O) groups is 2. The molecule has 0 saturated carbocycles. The van der Waals surface area contributed by atoms with Crippen LogP contribution in [0, 0.1) is 5.82 Å². The van der Waals surface area contributed by atoms with Crippen LogP contribution in [0.4, 0.5) is 4.39 Å². The Morgan fingerprint density at radius 3 is 2.86 bits per heavy atom. The van der Waals surface area contributed by atoms with Gasteiger partial charge in [-0.15, -0.1) is 0 Å². The fourth-order valence-electron chi connectivity index (χ4n) is 2.53. The second-order valence-electron chi connectivity index (χ2n) is 6.01. The molecule has 0 fully saturated rings. The van der Waals surface area contributed by atoms with Gasteiger partial charge in [0.25, 0.3) is 5.91 Å². The van der Waals surface area contributed by atoms with Gasteiger partial charge in [-0.1, -0.05) is 22.0 Å². The summed E-state index contributed by atoms with van der Waals surface area (Å²) in [4.78, 5) is 23.8. The molecule has 1 unspecified atom stereocenters. The van der Waals surface area contributed by atoms with E-state index >= 15 is 0 Å². The predicted octanol–water partition coefficient (Wildman–Crippen LogP) is 3.75. The fraction of sp³-hybridized carbons (Fsp3) is 0.200. The third-order valence-electron chi connectivity index (χ3n) is 3.98. The van der Waals surface area contributed by atoms with Gasteiger partial charge in [0.05, 0.1) is 6.04 Å². The molecule has 28 heavy (non-hydrogen) atoms. The molecule has 0 saturated heterocycles. The zero-order valence-corrected chi connectivity index (χ0v) is 16.5. The van der Waals surface area contributed by atoms with Crippen molar-refractivity contribution < 1.29 is 28.2 Å². The minimum absolute atomic E-state index is 0.173. The van der Waals surface area contributed by atoms with Crippen molar-refractivity contribution in [2.75, 3.05) is 13.4 Å². The average molecular weight is 450 g/mol. The Bertz CT molecular complexity index is 931. The van der Waals surface area contributed by atoms with Crippen LogP contribution in [0.5, 0.6) is 11.5 Å². The fourth-order valence-corrected chi connectivity index (χ4v) is 2.91. The SMILES string of the molecule is CC(NC(=O)COC(=O)/C=C/c1cc(Br)ccc1F)c1ccc2c(c1)OCO2. The largest absolute Gasteiger partial charge is 0.454 e. The molecule has 1 heterocycles. The van der Waals surface area contributed by atoms with E-state index in [1.165, 1.54) is 18.2 Å². The topological polar surface area (TPSA) is 73.9 Å². The number of fused-ring (bicyclic) bond motifs is 1. The second-order valence-corrected chi connectivity index (χ2v) is 6.92. The van der Waals surface area contributed by atoms with Gasteiger partial charge < -0.3 is 19.5 Å². The molecular weight excluding hydrogens is 433 g/mol. The summed E-state index contributed by atoms with van der Waals surface area (Å²) in [6.07, 6.45) is 2.36. The van der Waals surface area contributed by atoms with E-state index in [9.17, 15) is 14.0 Å². The smallest absolute Gasteiger partial charge is 0.331 e. The van der Waals surface area contributed by atoms with Crippen molar-refractivity contribution in [3.63, 3.8) is 0 Å². The zero-order valence-electron chi connectivity index (χ0n) is 14.9. The first-order valence-corrected chi connectivity index (χ1v) is 9.20. The van der Waals surface area contributed by atoms with Crippen LogP contribution in [0.3, 0.4) is 0 Å². The monoisotopic (exact) mass is 449 g/mol. The number of hydrogen-bond donors (Lipinski definition) is 1. The minimum Gasteiger partial charge on any atom is -0.454 e. The van der Waals surface area contributed by atoms with Crippen molar-refractivity contribution in [2.24, 2.45) is 0 Å². The van der Waals surface area contributed by atoms with Crippen LogP contribution in [-0.4, -0.2) is 25.3 Å². The lowest BCUT2D eigenvalue weighted by Crippen LogP contribution is -2.30. The van der Waals surface area contributed by atoms with Gasteiger partial charge in [-0.2, -0.15) is 0 Å². The molecule has 1 aliphatic heterocycles. The molecule has 1 aliphatic rings. The molecule has 1 amide bonds. The molecule has 1 atom stereocenters. The van der Waals surface area contributed by atoms with Crippen LogP contribution < -0.4 is 14.8 Å². The third kappa shape index (κ3) is 5.10. The average Bonchev–Trinajstić information content (AvgIpc) is 3.14. The highest BCUT2D eigenvalue weighted by atomic mass is 79.9. The van der Waals surface area contributed by atoms with Gasteiger partial charge >= 0.3 is 5.97 Å². The summed E-state index contributed by atoms with van der Waals surface area (Å²) in [6, 6.07) is 9.42. The van der Waals surface area contributed by atoms with Gasteiger partial charge in [0.1, 0.15) is 5.82 Å². The number of nitrogens with one attached hydrogen (secondary N) is 1. The molecular formula is C20H17BrFNO5. The number of halogens is 2. The summed E-state index contributed by atoms with van der Waals surface area (Å²) in [6.45, 7) is 1.53. The molecule has 3 rings (SSSR count). The number of amides is 1. The molecule has 8 heteroatoms. The Morgan fingerprint density at radius 2 is 2.04 bits per heavy atom. The molecule has 2 aromatic carbocycles. The van der Waals surface area contributed by atoms with Gasteiger partial charge in [-0.05, 0) is 48.9 Å². The lowest BCUT2D eigenvalue weighted by molar-refractivity contribution is -0.144. The Morgan fingerprint density at radius 1 is 1.25 bits per heavy atom. The third-order valence-corrected chi connectivity index (χ3v) is 4.47. The van der Waals surface area contributed by atoms with Crippen LogP contribution in [0.25, 0.3) is 6.08 Å². The van der Waals surface area contributed by atoms with Crippen molar-refractivity contribution in [3.8, 4) is 11.5 Å². The summed E-state index contributed by atoms with van der Waals surface area (Å²) in [5, 5.41) is 2.73. The summed E-state index contributed by atoms with van der Waals surface area (Å²) in [5.41, 5.74) is 1.06. The van der Waals surface area contributed by atoms with E-state index in [4.69, 9.17) is 14.2 Å². The lowest BCUT2D eigenvalue weighted by atomic mass is 10.1. The Kier molecular flexibility index (Phi) is 6.30. The van der Waals surface area contributed by atoms with Crippen LogP contribution in [-0.2, 0) is 14.3 Å². The first kappa shape index (κ1) is 19.9. The molecule has 0 aromatic heterocycles. The first-order valence-electron chi connectivity index (χ1n) is 8.41. The summed E-state index contributed by atoms with van der Waals surface area (Å²) < 4.78 is 29.7. The van der Waals surface area contributed by atoms with E-state index in [1.807, 2.05) is 6.07 Å². The number of carbonyl (C=O) groups excluding carboxylic acids is 2. The summed E-state index contributed by atoms with van der Waals surface area (Å²) in [5.74, 6) is -0.395. The highest BCUT2D eigenvalue weighted by Gasteiger charge is 2.17. The summed E-state index contributed by atoms with van der Waals surface area (Å²) >= 11 is 3.23. The van der Waals surface area contributed by atoms with Gasteiger partial charge in [-0.3, -0.25) is 4.79 Å². The lowest BCUT2D eigenvalue weighted by Gasteiger charge is -2.14. The number of rotatable bonds is 6. The maximum atomic E-state index is 13.6. The van der Waals surface area contributed by atoms with E-state index in [0.717, 1.165) is 11.6 Å². The Labute approximate surface area is 169 Å². The molecule has 6 nitrogen and oxygen atoms in total. The van der Waals surface area contributed by atoms with Crippen LogP contribution >= 0.6 is 15.9 Å². The van der Waals surface area contributed by atoms with E-state index in [0.29, 0.717) is 16.0 Å². The second kappa shape index (κ2) is 8.88. The maximum Gasteiger partial charge on any atom is 0.331 e. The van der Waals surface area contributed by atoms with Crippen LogP contribution in [0.1, 0.15) is 24.1 Å². The highest BCUT2D eigenvalue weighted by molar-refractivity contribution is 9.10. The summed E-state index contributed by atoms with van der Waals surface area (Å²) in [7, 11) is 0. The molecule has 146 valence electrons. The van der Waals surface area contributed by atoms with Crippen LogP contribution in [0.15, 0.2) is 46.9 Å². The minimum atomic E-state index is -0.745. The quantitative estimate of drug-likeness (QED) is 0.536. The first-order chi connectivity index (χ1) is 13.4. The Hall–Kier alpha value is -2.87. The number of ether oxygens (including phenoxy) is 3. The van der Waals surface area contributed by atoms with Gasteiger partial charge in [0.2, 0.25) is 6.79 Å². The molecule has 0 aliphatic carbocycles. The van der Waals surface area contributed by atoms with Crippen molar-refractivity contribution >= 4 is 33.9 Å². The zero-order chi connectivity index (χ0) is 20.1. The van der Waals surface area contributed by atoms with Crippen molar-refractivity contribution in [3.05, 3.63) is 63.9 Å². The van der Waals surface area contributed by atoms with E-state index in [2.05, 4.69) is 21.2 Å². The van der Waals surface area contributed by atoms with Gasteiger partial charge in [-0.25, -0.2) is 9.18 Å². The number of benzene rings is 2. The molecule has 0 radical (unpaired) electrons. The van der Waals surface area contributed by atoms with E-state index in [1.54, 1.807) is 25.1 Å². The van der Waals surface area contributed by atoms with Crippen molar-refractivity contribution in [2.45, 2.75) is 13.0 Å². The predicted molar refractivity (Wildman–Crippen MR) is 103 cm³/mol. The van der Waals surface area contributed by atoms with Gasteiger partial charge in [0, 0.05) is 16.1 Å². The molecule has 0 bridgehead atoms. The standard InChI is InChI=1S/C20H17BrFNO5/c1-12(13-2-6-17-18(9-13)28-11-27-17)23-19(24)10-26-20(25)7-3-14-8-15(21)4-5-16(14)22/h2-9,12H,10-11H2,1H3,(H,23,24)/b7-3+.